The lowest BCUT2D eigenvalue weighted by Crippen LogP contribution is -1.85. The fraction of sp³-hybridized carbons (Fsp3) is 1.00. The molecule has 0 amide bonds. The first kappa shape index (κ1) is 13.1. The Balaban J connectivity index is 1.94. The largest absolute Gasteiger partial charge is 0.0654 e. The average Bonchev–Trinajstić information content (AvgIpc) is 2.85. The van der Waals surface area contributed by atoms with Crippen LogP contribution in [0.4, 0.5) is 0 Å². The van der Waals surface area contributed by atoms with Gasteiger partial charge in [0.05, 0.1) is 0 Å². The second-order valence-corrected chi connectivity index (χ2v) is 5.53. The van der Waals surface area contributed by atoms with Crippen molar-refractivity contribution in [3.05, 3.63) is 0 Å². The average molecular weight is 210 g/mol. The van der Waals surface area contributed by atoms with Gasteiger partial charge < -0.3 is 0 Å². The summed E-state index contributed by atoms with van der Waals surface area (Å²) in [4.78, 5) is 0. The Morgan fingerprint density at radius 2 is 1.20 bits per heavy atom. The molecular formula is C15H30. The molecule has 90 valence electrons. The zero-order valence-corrected chi connectivity index (χ0v) is 11.1. The summed E-state index contributed by atoms with van der Waals surface area (Å²) in [6.07, 6.45) is 13.1. The number of hydrogen-bond acceptors (Lipinski definition) is 0. The van der Waals surface area contributed by atoms with Gasteiger partial charge in [-0.2, -0.15) is 0 Å². The highest BCUT2D eigenvalue weighted by molar-refractivity contribution is 4.93. The van der Waals surface area contributed by atoms with Crippen LogP contribution in [-0.2, 0) is 0 Å². The number of rotatable bonds is 9. The van der Waals surface area contributed by atoms with Gasteiger partial charge in [0.1, 0.15) is 0 Å². The summed E-state index contributed by atoms with van der Waals surface area (Å²) in [6, 6.07) is 0. The molecule has 1 aliphatic rings. The van der Waals surface area contributed by atoms with Crippen molar-refractivity contribution in [3.8, 4) is 0 Å². The van der Waals surface area contributed by atoms with E-state index in [0.717, 1.165) is 17.8 Å². The van der Waals surface area contributed by atoms with Crippen LogP contribution in [0.1, 0.15) is 78.6 Å². The quantitative estimate of drug-likeness (QED) is 0.446. The third-order valence-corrected chi connectivity index (χ3v) is 4.29. The Kier molecular flexibility index (Phi) is 6.36. The van der Waals surface area contributed by atoms with E-state index in [2.05, 4.69) is 20.8 Å². The third-order valence-electron chi connectivity index (χ3n) is 4.29. The first-order chi connectivity index (χ1) is 7.31. The molecule has 1 saturated carbocycles. The van der Waals surface area contributed by atoms with Crippen molar-refractivity contribution < 1.29 is 0 Å². The molecule has 1 rings (SSSR count). The summed E-state index contributed by atoms with van der Waals surface area (Å²) >= 11 is 0. The summed E-state index contributed by atoms with van der Waals surface area (Å²) in [5.41, 5.74) is 0. The van der Waals surface area contributed by atoms with Crippen molar-refractivity contribution in [1.82, 2.24) is 0 Å². The van der Waals surface area contributed by atoms with Crippen molar-refractivity contribution in [2.75, 3.05) is 0 Å². The van der Waals surface area contributed by atoms with Crippen LogP contribution in [0.15, 0.2) is 0 Å². The monoisotopic (exact) mass is 210 g/mol. The minimum atomic E-state index is 1.06. The normalized spacial score (nSPS) is 29.4. The van der Waals surface area contributed by atoms with Crippen LogP contribution >= 0.6 is 0 Å². The van der Waals surface area contributed by atoms with Gasteiger partial charge in [-0.25, -0.2) is 0 Å². The zero-order chi connectivity index (χ0) is 11.1. The Morgan fingerprint density at radius 3 is 1.80 bits per heavy atom. The molecule has 0 spiro atoms. The summed E-state index contributed by atoms with van der Waals surface area (Å²) in [5.74, 6) is 3.28. The predicted molar refractivity (Wildman–Crippen MR) is 69.0 cm³/mol. The molecule has 15 heavy (non-hydrogen) atoms. The van der Waals surface area contributed by atoms with Crippen molar-refractivity contribution >= 4 is 0 Å². The highest BCUT2D eigenvalue weighted by Gasteiger charge is 2.44. The molecule has 1 aliphatic carbocycles. The molecular weight excluding hydrogens is 180 g/mol. The third kappa shape index (κ3) is 4.57. The van der Waals surface area contributed by atoms with E-state index >= 15 is 0 Å². The lowest BCUT2D eigenvalue weighted by Gasteiger charge is -2.00. The summed E-state index contributed by atoms with van der Waals surface area (Å²) < 4.78 is 0. The van der Waals surface area contributed by atoms with Crippen LogP contribution < -0.4 is 0 Å². The highest BCUT2D eigenvalue weighted by Crippen LogP contribution is 2.51. The first-order valence-corrected chi connectivity index (χ1v) is 7.31. The molecule has 0 aromatic rings. The van der Waals surface area contributed by atoms with Gasteiger partial charge in [-0.15, -0.1) is 0 Å². The van der Waals surface area contributed by atoms with Gasteiger partial charge in [-0.3, -0.25) is 0 Å². The Labute approximate surface area is 96.8 Å². The Morgan fingerprint density at radius 1 is 0.667 bits per heavy atom. The van der Waals surface area contributed by atoms with Gasteiger partial charge >= 0.3 is 0 Å². The van der Waals surface area contributed by atoms with E-state index in [1.165, 1.54) is 57.8 Å². The van der Waals surface area contributed by atoms with Gasteiger partial charge in [0, 0.05) is 0 Å². The van der Waals surface area contributed by atoms with Gasteiger partial charge in [0.25, 0.3) is 0 Å². The van der Waals surface area contributed by atoms with Crippen LogP contribution in [-0.4, -0.2) is 0 Å². The maximum absolute atomic E-state index is 2.47. The zero-order valence-electron chi connectivity index (χ0n) is 11.1. The van der Waals surface area contributed by atoms with Crippen molar-refractivity contribution in [1.29, 1.82) is 0 Å². The van der Waals surface area contributed by atoms with E-state index in [1.807, 2.05) is 0 Å². The van der Waals surface area contributed by atoms with Crippen LogP contribution in [0, 0.1) is 17.8 Å². The minimum absolute atomic E-state index is 1.06. The first-order valence-electron chi connectivity index (χ1n) is 7.31. The van der Waals surface area contributed by atoms with E-state index in [-0.39, 0.29) is 0 Å². The van der Waals surface area contributed by atoms with E-state index in [0.29, 0.717) is 0 Å². The molecule has 3 atom stereocenters. The molecule has 0 saturated heterocycles. The maximum Gasteiger partial charge on any atom is -0.0355 e. The number of unbranched alkanes of at least 4 members (excludes halogenated alkanes) is 5. The molecule has 1 fully saturated rings. The molecule has 0 heterocycles. The Bertz CT molecular complexity index is 150. The summed E-state index contributed by atoms with van der Waals surface area (Å²) in [7, 11) is 0. The van der Waals surface area contributed by atoms with Gasteiger partial charge in [0.2, 0.25) is 0 Å². The molecule has 0 nitrogen and oxygen atoms in total. The van der Waals surface area contributed by atoms with Crippen LogP contribution in [0.2, 0.25) is 0 Å². The SMILES string of the molecule is CCCCCCCC1C(C)C1CCCC. The summed E-state index contributed by atoms with van der Waals surface area (Å²) in [5, 5.41) is 0. The summed E-state index contributed by atoms with van der Waals surface area (Å²) in [6.45, 7) is 7.08. The molecule has 0 N–H and O–H groups in total. The van der Waals surface area contributed by atoms with E-state index in [9.17, 15) is 0 Å². The Hall–Kier alpha value is 0. The van der Waals surface area contributed by atoms with Crippen LogP contribution in [0.5, 0.6) is 0 Å². The molecule has 0 aliphatic heterocycles. The van der Waals surface area contributed by atoms with E-state index < -0.39 is 0 Å². The molecule has 3 unspecified atom stereocenters. The second kappa shape index (κ2) is 7.30. The second-order valence-electron chi connectivity index (χ2n) is 5.53. The maximum atomic E-state index is 2.47. The lowest BCUT2D eigenvalue weighted by molar-refractivity contribution is 0.534. The molecule has 0 heteroatoms. The predicted octanol–water partition coefficient (Wildman–Crippen LogP) is 5.42. The van der Waals surface area contributed by atoms with Crippen LogP contribution in [0.3, 0.4) is 0 Å². The standard InChI is InChI=1S/C15H30/c1-4-6-8-9-10-12-15-13(3)14(15)11-7-5-2/h13-15H,4-12H2,1-3H3. The molecule has 0 radical (unpaired) electrons. The molecule has 0 aromatic heterocycles. The minimum Gasteiger partial charge on any atom is -0.0654 e. The topological polar surface area (TPSA) is 0 Å². The molecule has 0 bridgehead atoms. The van der Waals surface area contributed by atoms with Gasteiger partial charge in [0.15, 0.2) is 0 Å². The van der Waals surface area contributed by atoms with Crippen molar-refractivity contribution in [2.24, 2.45) is 17.8 Å². The molecule has 0 aromatic carbocycles. The highest BCUT2D eigenvalue weighted by atomic mass is 14.5. The van der Waals surface area contributed by atoms with E-state index in [1.54, 1.807) is 0 Å². The fourth-order valence-corrected chi connectivity index (χ4v) is 3.01. The van der Waals surface area contributed by atoms with Crippen LogP contribution in [0.25, 0.3) is 0 Å². The van der Waals surface area contributed by atoms with Crippen molar-refractivity contribution in [3.63, 3.8) is 0 Å². The smallest absolute Gasteiger partial charge is 0.0355 e. The van der Waals surface area contributed by atoms with Gasteiger partial charge in [-0.1, -0.05) is 65.7 Å². The van der Waals surface area contributed by atoms with E-state index in [4.69, 9.17) is 0 Å². The number of hydrogen-bond donors (Lipinski definition) is 0. The van der Waals surface area contributed by atoms with Gasteiger partial charge in [-0.05, 0) is 30.6 Å². The lowest BCUT2D eigenvalue weighted by atomic mass is 10.1. The van der Waals surface area contributed by atoms with Crippen molar-refractivity contribution in [2.45, 2.75) is 78.6 Å². The fourth-order valence-electron chi connectivity index (χ4n) is 3.01.